The Hall–Kier alpha value is 1.42. The van der Waals surface area contributed by atoms with Crippen molar-refractivity contribution < 1.29 is 54.0 Å². The van der Waals surface area contributed by atoms with E-state index in [0.29, 0.717) is 0 Å². The zero-order valence-corrected chi connectivity index (χ0v) is 7.99. The normalized spacial score (nSPS) is 5.83. The molecule has 6 heteroatoms. The first kappa shape index (κ1) is 15.7. The molecule has 0 aromatic heterocycles. The van der Waals surface area contributed by atoms with Crippen molar-refractivity contribution in [1.82, 2.24) is 0 Å². The first-order chi connectivity index (χ1) is 1.73. The van der Waals surface area contributed by atoms with E-state index in [1.54, 1.807) is 0 Å². The van der Waals surface area contributed by atoms with Gasteiger partial charge in [-0.15, -0.1) is 0 Å². The molecule has 0 aliphatic rings. The van der Waals surface area contributed by atoms with Crippen molar-refractivity contribution in [2.24, 2.45) is 0 Å². The average Bonchev–Trinajstić information content (AvgIpc) is 0.811. The van der Waals surface area contributed by atoms with E-state index in [0.717, 1.165) is 0 Å². The first-order valence-electron chi connectivity index (χ1n) is 0.651. The Morgan fingerprint density at radius 3 is 1.33 bits per heavy atom. The summed E-state index contributed by atoms with van der Waals surface area (Å²) in [6.07, 6.45) is 0. The second-order valence-electron chi connectivity index (χ2n) is 0.283. The van der Waals surface area contributed by atoms with E-state index < -0.39 is 8.25 Å². The van der Waals surface area contributed by atoms with Crippen molar-refractivity contribution in [3.05, 3.63) is 0 Å². The molecule has 37 valence electrons. The molecule has 0 heterocycles. The van der Waals surface area contributed by atoms with Gasteiger partial charge in [0.15, 0.2) is 0 Å². The Labute approximate surface area is 62.2 Å². The van der Waals surface area contributed by atoms with Crippen LogP contribution in [0.5, 0.6) is 0 Å². The second-order valence-corrected chi connectivity index (χ2v) is 0.848. The van der Waals surface area contributed by atoms with Gasteiger partial charge in [0.1, 0.15) is 0 Å². The van der Waals surface area contributed by atoms with Gasteiger partial charge in [-0.2, -0.15) is 0 Å². The maximum atomic E-state index is 8.74. The van der Waals surface area contributed by atoms with E-state index in [4.69, 9.17) is 14.4 Å². The summed E-state index contributed by atoms with van der Waals surface area (Å²) in [6, 6.07) is 0. The van der Waals surface area contributed by atoms with Crippen LogP contribution in [0, 0.1) is 0 Å². The summed E-state index contributed by atoms with van der Waals surface area (Å²) in [5, 5.41) is 0. The minimum Gasteiger partial charge on any atom is -0.326 e. The molecule has 3 nitrogen and oxygen atoms in total. The Balaban J connectivity index is -0.0000000450. The van der Waals surface area contributed by atoms with Crippen LogP contribution < -0.4 is 0 Å². The molecule has 0 aromatic carbocycles. The van der Waals surface area contributed by atoms with Crippen molar-refractivity contribution in [2.75, 3.05) is 0 Å². The quantitative estimate of drug-likeness (QED) is 0.584. The molecule has 0 spiro atoms. The number of rotatable bonds is 0. The van der Waals surface area contributed by atoms with Crippen LogP contribution in [0.2, 0.25) is 0 Å². The monoisotopic (exact) mass is 317 g/mol. The predicted molar refractivity (Wildman–Crippen MR) is 13.4 cm³/mol. The van der Waals surface area contributed by atoms with Crippen molar-refractivity contribution in [1.29, 1.82) is 0 Å². The second kappa shape index (κ2) is 9.66. The van der Waals surface area contributed by atoms with Gasteiger partial charge in [-0.05, 0) is 0 Å². The summed E-state index contributed by atoms with van der Waals surface area (Å²) in [4.78, 5) is 14.3. The topological polar surface area (TPSA) is 57.5 Å². The summed E-state index contributed by atoms with van der Waals surface area (Å²) in [5.41, 5.74) is 0. The van der Waals surface area contributed by atoms with Crippen molar-refractivity contribution in [3.63, 3.8) is 0 Å². The van der Waals surface area contributed by atoms with E-state index >= 15 is 0 Å². The molecule has 0 atom stereocenters. The molecule has 0 aliphatic heterocycles. The van der Waals surface area contributed by atoms with Gasteiger partial charge < -0.3 is 9.79 Å². The molecule has 0 amide bonds. The van der Waals surface area contributed by atoms with Crippen LogP contribution in [-0.4, -0.2) is 9.79 Å². The Bertz CT molecular complexity index is 33.8. The summed E-state index contributed by atoms with van der Waals surface area (Å²) in [6.45, 7) is 0. The molecule has 0 aliphatic carbocycles. The van der Waals surface area contributed by atoms with Crippen LogP contribution >= 0.6 is 8.25 Å². The molecule has 0 unspecified atom stereocenters. The smallest absolute Gasteiger partial charge is 0.314 e. The van der Waals surface area contributed by atoms with Gasteiger partial charge in [-0.3, -0.25) is 4.57 Å². The largest absolute Gasteiger partial charge is 0.326 e. The maximum absolute atomic E-state index is 8.74. The van der Waals surface area contributed by atoms with Crippen molar-refractivity contribution in [2.45, 2.75) is 0 Å². The predicted octanol–water partition coefficient (Wildman–Crippen LogP) is -0.644. The first-order valence-corrected chi connectivity index (χ1v) is 1.95. The van der Waals surface area contributed by atoms with Gasteiger partial charge in [0.25, 0.3) is 0 Å². The zero-order chi connectivity index (χ0) is 3.58. The average molecular weight is 317 g/mol. The third-order valence-electron chi connectivity index (χ3n) is 0. The summed E-state index contributed by atoms with van der Waals surface area (Å²) in [7, 11) is -3.13. The van der Waals surface area contributed by atoms with E-state index in [1.165, 1.54) is 0 Å². The number of hydrogen-bond donors (Lipinski definition) is 2. The van der Waals surface area contributed by atoms with Crippen LogP contribution in [0.15, 0.2) is 0 Å². The van der Waals surface area contributed by atoms with Gasteiger partial charge in [-0.25, -0.2) is 0 Å². The van der Waals surface area contributed by atoms with E-state index in [1.807, 2.05) is 0 Å². The number of hydrogen-bond acceptors (Lipinski definition) is 1. The van der Waals surface area contributed by atoms with Gasteiger partial charge >= 0.3 is 8.25 Å². The van der Waals surface area contributed by atoms with Crippen molar-refractivity contribution >= 4 is 8.25 Å². The molecule has 0 fully saturated rings. The van der Waals surface area contributed by atoms with E-state index in [2.05, 4.69) is 0 Å². The molecular weight excluding hydrogens is 314 g/mol. The van der Waals surface area contributed by atoms with Gasteiger partial charge in [-0.1, -0.05) is 0 Å². The molecule has 0 saturated heterocycles. The third-order valence-corrected chi connectivity index (χ3v) is 0. The van der Waals surface area contributed by atoms with Gasteiger partial charge in [0, 0.05) is 39.6 Å². The molecule has 6 heavy (non-hydrogen) atoms. The standard InChI is InChI=1S/H3O3P.V.W/c1-4(2)3;;/h4H,(H2,1,2,3);;. The minimum atomic E-state index is -3.13. The Morgan fingerprint density at radius 1 is 1.33 bits per heavy atom. The fourth-order valence-electron chi connectivity index (χ4n) is 0. The summed E-state index contributed by atoms with van der Waals surface area (Å²) >= 11 is 0. The van der Waals surface area contributed by atoms with E-state index in [9.17, 15) is 0 Å². The molecular formula is H3O3PVW. The van der Waals surface area contributed by atoms with Crippen LogP contribution in [0.3, 0.4) is 0 Å². The molecule has 1 radical (unpaired) electrons. The van der Waals surface area contributed by atoms with Crippen LogP contribution in [0.4, 0.5) is 0 Å². The SMILES string of the molecule is O=[PH](O)O.[V].[W]. The summed E-state index contributed by atoms with van der Waals surface area (Å²) < 4.78 is 8.74. The fraction of sp³-hybridized carbons (Fsp3) is 0. The molecule has 2 N–H and O–H groups in total. The maximum Gasteiger partial charge on any atom is 0.314 e. The van der Waals surface area contributed by atoms with Crippen molar-refractivity contribution in [3.8, 4) is 0 Å². The van der Waals surface area contributed by atoms with Crippen LogP contribution in [0.1, 0.15) is 0 Å². The minimum absolute atomic E-state index is 0. The van der Waals surface area contributed by atoms with Crippen LogP contribution in [0.25, 0.3) is 0 Å². The van der Waals surface area contributed by atoms with Crippen LogP contribution in [-0.2, 0) is 44.2 Å². The Morgan fingerprint density at radius 2 is 1.33 bits per heavy atom. The molecule has 0 rings (SSSR count). The molecule has 0 aromatic rings. The molecule has 0 saturated carbocycles. The van der Waals surface area contributed by atoms with Gasteiger partial charge in [0.05, 0.1) is 0 Å². The van der Waals surface area contributed by atoms with Gasteiger partial charge in [0.2, 0.25) is 0 Å². The fourth-order valence-corrected chi connectivity index (χ4v) is 0. The summed E-state index contributed by atoms with van der Waals surface area (Å²) in [5.74, 6) is 0. The Kier molecular flexibility index (Phi) is 25.2. The molecule has 0 bridgehead atoms. The van der Waals surface area contributed by atoms with E-state index in [-0.39, 0.29) is 39.6 Å². The zero-order valence-electron chi connectivity index (χ0n) is 2.66. The third kappa shape index (κ3) is 52.4.